The number of carbonyl (C=O) groups excluding carboxylic acids is 1. The molecule has 2 aromatic rings. The third-order valence-corrected chi connectivity index (χ3v) is 5.70. The summed E-state index contributed by atoms with van der Waals surface area (Å²) in [6.07, 6.45) is 0. The van der Waals surface area contributed by atoms with Crippen LogP contribution in [0, 0.1) is 6.92 Å². The second-order valence-corrected chi connectivity index (χ2v) is 8.44. The molecule has 146 valence electrons. The van der Waals surface area contributed by atoms with Crippen molar-refractivity contribution < 1.29 is 13.2 Å². The maximum atomic E-state index is 12.9. The molecule has 0 saturated carbocycles. The lowest BCUT2D eigenvalue weighted by atomic mass is 10.0. The lowest BCUT2D eigenvalue weighted by Crippen LogP contribution is -2.35. The Balaban J connectivity index is 2.32. The van der Waals surface area contributed by atoms with Crippen LogP contribution in [-0.2, 0) is 10.0 Å². The highest BCUT2D eigenvalue weighted by molar-refractivity contribution is 7.89. The smallest absolute Gasteiger partial charge is 0.252 e. The topological polar surface area (TPSA) is 78.5 Å². The fourth-order valence-electron chi connectivity index (χ4n) is 2.81. The van der Waals surface area contributed by atoms with Gasteiger partial charge in [0.15, 0.2) is 0 Å². The Morgan fingerprint density at radius 3 is 2.37 bits per heavy atom. The van der Waals surface area contributed by atoms with Gasteiger partial charge < -0.3 is 10.2 Å². The van der Waals surface area contributed by atoms with Gasteiger partial charge in [-0.25, -0.2) is 13.1 Å². The van der Waals surface area contributed by atoms with E-state index in [1.165, 1.54) is 12.1 Å². The average Bonchev–Trinajstić information content (AvgIpc) is 2.61. The van der Waals surface area contributed by atoms with E-state index in [2.05, 4.69) is 10.0 Å². The molecule has 0 radical (unpaired) electrons. The average molecular weight is 390 g/mol. The standard InChI is InChI=1S/C20H27N3O3S/c1-5-21-27(25,26)17-12-11-15(2)18(13-17)20(24)22-19(14-23(3)4)16-9-7-6-8-10-16/h6-13,19,21H,5,14H2,1-4H3,(H,22,24). The molecule has 2 N–H and O–H groups in total. The Morgan fingerprint density at radius 2 is 1.78 bits per heavy atom. The lowest BCUT2D eigenvalue weighted by molar-refractivity contribution is 0.0929. The Kier molecular flexibility index (Phi) is 7.12. The van der Waals surface area contributed by atoms with Gasteiger partial charge in [0.05, 0.1) is 10.9 Å². The minimum Gasteiger partial charge on any atom is -0.344 e. The van der Waals surface area contributed by atoms with E-state index >= 15 is 0 Å². The zero-order valence-corrected chi connectivity index (χ0v) is 17.0. The van der Waals surface area contributed by atoms with E-state index in [1.807, 2.05) is 49.3 Å². The van der Waals surface area contributed by atoms with E-state index in [0.29, 0.717) is 12.1 Å². The Bertz CT molecular complexity index is 881. The van der Waals surface area contributed by atoms with Crippen molar-refractivity contribution in [2.75, 3.05) is 27.2 Å². The fourth-order valence-corrected chi connectivity index (χ4v) is 3.87. The van der Waals surface area contributed by atoms with Crippen molar-refractivity contribution in [3.8, 4) is 0 Å². The zero-order valence-electron chi connectivity index (χ0n) is 16.2. The van der Waals surface area contributed by atoms with Crippen LogP contribution in [0.3, 0.4) is 0 Å². The number of carbonyl (C=O) groups is 1. The minimum atomic E-state index is -3.62. The van der Waals surface area contributed by atoms with Gasteiger partial charge in [-0.2, -0.15) is 0 Å². The van der Waals surface area contributed by atoms with E-state index in [0.717, 1.165) is 11.1 Å². The summed E-state index contributed by atoms with van der Waals surface area (Å²) in [5.74, 6) is -0.295. The van der Waals surface area contributed by atoms with Crippen molar-refractivity contribution in [2.24, 2.45) is 0 Å². The number of rotatable bonds is 8. The van der Waals surface area contributed by atoms with Crippen LogP contribution in [0.4, 0.5) is 0 Å². The summed E-state index contributed by atoms with van der Waals surface area (Å²) < 4.78 is 27.0. The SMILES string of the molecule is CCNS(=O)(=O)c1ccc(C)c(C(=O)NC(CN(C)C)c2ccccc2)c1. The van der Waals surface area contributed by atoms with Gasteiger partial charge >= 0.3 is 0 Å². The molecule has 0 spiro atoms. The molecule has 0 fully saturated rings. The Morgan fingerprint density at radius 1 is 1.11 bits per heavy atom. The quantitative estimate of drug-likeness (QED) is 0.726. The third-order valence-electron chi connectivity index (χ3n) is 4.15. The first kappa shape index (κ1) is 21.1. The maximum Gasteiger partial charge on any atom is 0.252 e. The van der Waals surface area contributed by atoms with Crippen LogP contribution >= 0.6 is 0 Å². The highest BCUT2D eigenvalue weighted by atomic mass is 32.2. The molecular formula is C20H27N3O3S. The monoisotopic (exact) mass is 389 g/mol. The molecule has 0 heterocycles. The van der Waals surface area contributed by atoms with E-state index < -0.39 is 10.0 Å². The summed E-state index contributed by atoms with van der Waals surface area (Å²) in [5, 5.41) is 3.04. The molecule has 1 amide bonds. The van der Waals surface area contributed by atoms with Crippen molar-refractivity contribution >= 4 is 15.9 Å². The number of aryl methyl sites for hydroxylation is 1. The number of hydrogen-bond donors (Lipinski definition) is 2. The van der Waals surface area contributed by atoms with Crippen LogP contribution in [0.25, 0.3) is 0 Å². The number of nitrogens with zero attached hydrogens (tertiary/aromatic N) is 1. The number of sulfonamides is 1. The van der Waals surface area contributed by atoms with Crippen molar-refractivity contribution in [1.29, 1.82) is 0 Å². The summed E-state index contributed by atoms with van der Waals surface area (Å²) in [6.45, 7) is 4.42. The van der Waals surface area contributed by atoms with E-state index in [4.69, 9.17) is 0 Å². The molecule has 1 unspecified atom stereocenters. The van der Waals surface area contributed by atoms with Crippen molar-refractivity contribution in [1.82, 2.24) is 14.9 Å². The van der Waals surface area contributed by atoms with Gasteiger partial charge in [0.1, 0.15) is 0 Å². The first-order valence-corrected chi connectivity index (χ1v) is 10.3. The summed E-state index contributed by atoms with van der Waals surface area (Å²) >= 11 is 0. The summed E-state index contributed by atoms with van der Waals surface area (Å²) in [5.41, 5.74) is 2.07. The molecule has 1 atom stereocenters. The number of likely N-dealkylation sites (N-methyl/N-ethyl adjacent to an activating group) is 1. The molecule has 6 nitrogen and oxygen atoms in total. The normalized spacial score (nSPS) is 12.8. The number of amides is 1. The van der Waals surface area contributed by atoms with E-state index in [9.17, 15) is 13.2 Å². The Hall–Kier alpha value is -2.22. The minimum absolute atomic E-state index is 0.0870. The van der Waals surface area contributed by atoms with Gasteiger partial charge in [-0.1, -0.05) is 43.3 Å². The third kappa shape index (κ3) is 5.63. The van der Waals surface area contributed by atoms with Crippen LogP contribution in [0.5, 0.6) is 0 Å². The number of hydrogen-bond acceptors (Lipinski definition) is 4. The maximum absolute atomic E-state index is 12.9. The second-order valence-electron chi connectivity index (χ2n) is 6.68. The number of benzene rings is 2. The second kappa shape index (κ2) is 9.12. The van der Waals surface area contributed by atoms with Crippen LogP contribution in [0.15, 0.2) is 53.4 Å². The summed E-state index contributed by atoms with van der Waals surface area (Å²) in [7, 11) is 0.262. The molecule has 0 aliphatic rings. The van der Waals surface area contributed by atoms with Crippen LogP contribution < -0.4 is 10.0 Å². The van der Waals surface area contributed by atoms with Crippen molar-refractivity contribution in [3.05, 3.63) is 65.2 Å². The first-order valence-electron chi connectivity index (χ1n) is 8.85. The predicted molar refractivity (Wildman–Crippen MR) is 107 cm³/mol. The van der Waals surface area contributed by atoms with Crippen LogP contribution in [0.2, 0.25) is 0 Å². The number of nitrogens with one attached hydrogen (secondary N) is 2. The highest BCUT2D eigenvalue weighted by Gasteiger charge is 2.20. The Labute approximate surface area is 161 Å². The molecule has 0 bridgehead atoms. The van der Waals surface area contributed by atoms with Crippen LogP contribution in [-0.4, -0.2) is 46.4 Å². The van der Waals surface area contributed by atoms with Gasteiger partial charge in [0, 0.05) is 18.7 Å². The van der Waals surface area contributed by atoms with Crippen molar-refractivity contribution in [3.63, 3.8) is 0 Å². The van der Waals surface area contributed by atoms with E-state index in [1.54, 1.807) is 19.9 Å². The molecule has 2 rings (SSSR count). The van der Waals surface area contributed by atoms with Gasteiger partial charge in [-0.3, -0.25) is 4.79 Å². The van der Waals surface area contributed by atoms with Crippen LogP contribution in [0.1, 0.15) is 34.5 Å². The summed E-state index contributed by atoms with van der Waals surface area (Å²) in [4.78, 5) is 15.0. The van der Waals surface area contributed by atoms with Gasteiger partial charge in [-0.05, 0) is 44.3 Å². The predicted octanol–water partition coefficient (Wildman–Crippen LogP) is 2.33. The molecule has 0 aliphatic carbocycles. The van der Waals surface area contributed by atoms with Gasteiger partial charge in [0.2, 0.25) is 10.0 Å². The largest absolute Gasteiger partial charge is 0.344 e. The summed E-state index contributed by atoms with van der Waals surface area (Å²) in [6, 6.07) is 14.1. The van der Waals surface area contributed by atoms with Gasteiger partial charge in [-0.15, -0.1) is 0 Å². The fraction of sp³-hybridized carbons (Fsp3) is 0.350. The molecule has 0 saturated heterocycles. The van der Waals surface area contributed by atoms with E-state index in [-0.39, 0.29) is 23.4 Å². The molecule has 27 heavy (non-hydrogen) atoms. The zero-order chi connectivity index (χ0) is 20.0. The molecule has 0 aromatic heterocycles. The molecule has 0 aliphatic heterocycles. The lowest BCUT2D eigenvalue weighted by Gasteiger charge is -2.23. The molecule has 2 aromatic carbocycles. The van der Waals surface area contributed by atoms with Crippen molar-refractivity contribution in [2.45, 2.75) is 24.8 Å². The van der Waals surface area contributed by atoms with Gasteiger partial charge in [0.25, 0.3) is 5.91 Å². The molecule has 7 heteroatoms. The highest BCUT2D eigenvalue weighted by Crippen LogP contribution is 2.19. The first-order chi connectivity index (χ1) is 12.7. The molecular weight excluding hydrogens is 362 g/mol.